The van der Waals surface area contributed by atoms with Crippen molar-refractivity contribution >= 4 is 49.7 Å². The zero-order valence-corrected chi connectivity index (χ0v) is 37.5. The van der Waals surface area contributed by atoms with Crippen LogP contribution in [0.5, 0.6) is 11.5 Å². The van der Waals surface area contributed by atoms with Gasteiger partial charge in [-0.1, -0.05) is 54.0 Å². The Hall–Kier alpha value is -5.44. The Kier molecular flexibility index (Phi) is 18.6. The molecule has 0 radical (unpaired) electrons. The summed E-state index contributed by atoms with van der Waals surface area (Å²) in [5.74, 6) is 0.526. The molecule has 0 unspecified atom stereocenters. The summed E-state index contributed by atoms with van der Waals surface area (Å²) in [6.07, 6.45) is 0.847. The number of nitrogens with one attached hydrogen (secondary N) is 1. The van der Waals surface area contributed by atoms with E-state index in [1.807, 2.05) is 12.1 Å². The fourth-order valence-corrected chi connectivity index (χ4v) is 6.22. The molecule has 0 saturated heterocycles. The van der Waals surface area contributed by atoms with Crippen LogP contribution in [0.4, 0.5) is 0 Å². The summed E-state index contributed by atoms with van der Waals surface area (Å²) >= 11 is 3.11. The van der Waals surface area contributed by atoms with Gasteiger partial charge < -0.3 is 29.2 Å². The van der Waals surface area contributed by atoms with Crippen LogP contribution in [0.25, 0.3) is 22.2 Å². The molecule has 0 fully saturated rings. The number of aryl methyl sites for hydroxylation is 2. The maximum Gasteiger partial charge on any atom is 1.00 e. The van der Waals surface area contributed by atoms with Gasteiger partial charge in [-0.25, -0.2) is 28.3 Å². The van der Waals surface area contributed by atoms with E-state index in [1.54, 1.807) is 57.4 Å². The Bertz CT molecular complexity index is 2860. The first-order valence-corrected chi connectivity index (χ1v) is 18.9. The third-order valence-electron chi connectivity index (χ3n) is 8.67. The predicted octanol–water partition coefficient (Wildman–Crippen LogP) is 0.373. The second kappa shape index (κ2) is 22.8. The van der Waals surface area contributed by atoms with Gasteiger partial charge in [-0.05, 0) is 48.2 Å². The molecule has 0 atom stereocenters. The van der Waals surface area contributed by atoms with Crippen molar-refractivity contribution in [3.8, 4) is 11.5 Å². The SMILES string of the molecule is CCc1cc(=O)oc2c1c(=O)[nH]c(=O)n2COC.CCc1cc(=O)oc2c1c(=O)n(CC(=O)c1ccccc1OC)c(=O)n2COC.COc1ccccc1C(=O)CBr.[H-].[Na+]. The van der Waals surface area contributed by atoms with Crippen molar-refractivity contribution in [2.45, 2.75) is 46.7 Å². The van der Waals surface area contributed by atoms with Crippen molar-refractivity contribution in [1.82, 2.24) is 18.7 Å². The van der Waals surface area contributed by atoms with Gasteiger partial charge in [0.1, 0.15) is 35.7 Å². The summed E-state index contributed by atoms with van der Waals surface area (Å²) in [4.78, 5) is 98.9. The molecule has 2 aromatic carbocycles. The van der Waals surface area contributed by atoms with E-state index in [0.29, 0.717) is 46.4 Å². The molecule has 0 aliphatic carbocycles. The molecule has 314 valence electrons. The topological polar surface area (TPSA) is 230 Å². The normalized spacial score (nSPS) is 10.5. The first-order chi connectivity index (χ1) is 28.3. The monoisotopic (exact) mass is 904 g/mol. The largest absolute Gasteiger partial charge is 1.00 e. The Labute approximate surface area is 372 Å². The van der Waals surface area contributed by atoms with Crippen molar-refractivity contribution in [1.29, 1.82) is 0 Å². The molecular formula is C40H42BrN4NaO14. The van der Waals surface area contributed by atoms with Crippen molar-refractivity contribution in [2.75, 3.05) is 33.8 Å². The van der Waals surface area contributed by atoms with Crippen molar-refractivity contribution in [3.05, 3.63) is 145 Å². The molecule has 4 heterocycles. The van der Waals surface area contributed by atoms with Crippen molar-refractivity contribution < 1.29 is 68.4 Å². The predicted molar refractivity (Wildman–Crippen MR) is 221 cm³/mol. The van der Waals surface area contributed by atoms with Gasteiger partial charge in [-0.3, -0.25) is 28.7 Å². The number of ketones is 2. The number of halogens is 1. The number of carbonyl (C=O) groups excluding carboxylic acids is 2. The maximum atomic E-state index is 13.1. The van der Waals surface area contributed by atoms with Gasteiger partial charge in [0.15, 0.2) is 11.6 Å². The third-order valence-corrected chi connectivity index (χ3v) is 9.18. The number of Topliss-reactive ketones (excluding diaryl/α,β-unsaturated/α-hetero) is 2. The zero-order valence-electron chi connectivity index (χ0n) is 35.0. The van der Waals surface area contributed by atoms with Crippen LogP contribution in [-0.4, -0.2) is 64.0 Å². The number of hydrogen-bond acceptors (Lipinski definition) is 14. The summed E-state index contributed by atoms with van der Waals surface area (Å²) < 4.78 is 33.1. The van der Waals surface area contributed by atoms with E-state index in [4.69, 9.17) is 27.8 Å². The Balaban J connectivity index is 0.000000342. The summed E-state index contributed by atoms with van der Waals surface area (Å²) in [7, 11) is 5.73. The van der Waals surface area contributed by atoms with E-state index < -0.39 is 46.1 Å². The van der Waals surface area contributed by atoms with Gasteiger partial charge in [0, 0.05) is 26.4 Å². The number of para-hydroxylation sites is 2. The van der Waals surface area contributed by atoms with E-state index in [0.717, 1.165) is 13.7 Å². The molecule has 0 saturated carbocycles. The average molecular weight is 906 g/mol. The molecule has 0 aliphatic heterocycles. The van der Waals surface area contributed by atoms with E-state index in [9.17, 15) is 38.4 Å². The number of carbonyl (C=O) groups is 2. The molecule has 6 aromatic rings. The van der Waals surface area contributed by atoms with Crippen LogP contribution in [0.15, 0.2) is 98.3 Å². The summed E-state index contributed by atoms with van der Waals surface area (Å²) in [6.45, 7) is 2.71. The minimum absolute atomic E-state index is 0. The number of hydrogen-bond donors (Lipinski definition) is 1. The number of aromatic nitrogens is 4. The van der Waals surface area contributed by atoms with Crippen LogP contribution in [0.2, 0.25) is 0 Å². The molecule has 4 aromatic heterocycles. The quantitative estimate of drug-likeness (QED) is 0.0939. The van der Waals surface area contributed by atoms with E-state index in [1.165, 1.54) is 33.5 Å². The summed E-state index contributed by atoms with van der Waals surface area (Å²) in [5, 5.41) is 0.596. The van der Waals surface area contributed by atoms with Crippen LogP contribution in [0.1, 0.15) is 47.1 Å². The smallest absolute Gasteiger partial charge is 1.00 e. The number of alkyl halides is 1. The zero-order chi connectivity index (χ0) is 43.4. The molecule has 60 heavy (non-hydrogen) atoms. The number of H-pyrrole nitrogens is 1. The number of aromatic amines is 1. The molecule has 20 heteroatoms. The Morgan fingerprint density at radius 3 is 1.63 bits per heavy atom. The van der Waals surface area contributed by atoms with Crippen LogP contribution < -0.4 is 72.8 Å². The summed E-state index contributed by atoms with van der Waals surface area (Å²) in [5.41, 5.74) is -2.46. The summed E-state index contributed by atoms with van der Waals surface area (Å²) in [6, 6.07) is 16.2. The van der Waals surface area contributed by atoms with E-state index in [2.05, 4.69) is 20.9 Å². The van der Waals surface area contributed by atoms with Gasteiger partial charge in [0.25, 0.3) is 11.1 Å². The fourth-order valence-electron chi connectivity index (χ4n) is 5.92. The van der Waals surface area contributed by atoms with Gasteiger partial charge in [-0.2, -0.15) is 0 Å². The molecule has 1 N–H and O–H groups in total. The Morgan fingerprint density at radius 2 is 1.15 bits per heavy atom. The third kappa shape index (κ3) is 11.0. The van der Waals surface area contributed by atoms with E-state index in [-0.39, 0.29) is 78.0 Å². The van der Waals surface area contributed by atoms with Crippen LogP contribution in [0, 0.1) is 0 Å². The van der Waals surface area contributed by atoms with Gasteiger partial charge in [-0.15, -0.1) is 0 Å². The maximum absolute atomic E-state index is 13.1. The van der Waals surface area contributed by atoms with Crippen LogP contribution in [-0.2, 0) is 42.3 Å². The van der Waals surface area contributed by atoms with Gasteiger partial charge in [0.2, 0.25) is 11.4 Å². The first-order valence-electron chi connectivity index (χ1n) is 17.8. The molecule has 6 rings (SSSR count). The van der Waals surface area contributed by atoms with E-state index >= 15 is 0 Å². The molecular weight excluding hydrogens is 863 g/mol. The fraction of sp³-hybridized carbons (Fsp3) is 0.300. The number of rotatable bonds is 13. The van der Waals surface area contributed by atoms with Crippen molar-refractivity contribution in [3.63, 3.8) is 0 Å². The molecule has 0 spiro atoms. The average Bonchev–Trinajstić information content (AvgIpc) is 3.24. The van der Waals surface area contributed by atoms with Gasteiger partial charge in [0.05, 0.1) is 37.2 Å². The second-order valence-electron chi connectivity index (χ2n) is 12.3. The molecule has 0 bridgehead atoms. The molecule has 18 nitrogen and oxygen atoms in total. The number of nitrogens with zero attached hydrogens (tertiary/aromatic N) is 3. The Morgan fingerprint density at radius 1 is 0.683 bits per heavy atom. The van der Waals surface area contributed by atoms with Crippen LogP contribution in [0.3, 0.4) is 0 Å². The number of benzene rings is 2. The van der Waals surface area contributed by atoms with Crippen LogP contribution >= 0.6 is 15.9 Å². The second-order valence-corrected chi connectivity index (χ2v) is 12.8. The first kappa shape index (κ1) is 48.9. The molecule has 0 aliphatic rings. The molecule has 0 amide bonds. The van der Waals surface area contributed by atoms with Gasteiger partial charge >= 0.3 is 52.2 Å². The number of methoxy groups -OCH3 is 4. The standard InChI is InChI=1S/C20H20N2O7.C11H12N2O5.C9H9BrO2.Na.H/c1-4-12-9-16(24)29-19-17(12)18(25)21(20(26)22(19)11-27-2)10-14(23)13-7-5-6-8-15(13)28-3;1-3-6-4-7(14)18-10-8(6)9(15)12-11(16)13(10)5-17-2;1-12-9-5-3-2-4-7(9)8(11)6-10;;/h5-9H,4,10-11H2,1-3H3;4H,3,5H2,1-2H3,(H,12,15,16);2-5H,6H2,1H3;;/q;;;+1;-1. The van der Waals surface area contributed by atoms with Crippen molar-refractivity contribution in [2.24, 2.45) is 0 Å². The minimum atomic E-state index is -0.816. The minimum Gasteiger partial charge on any atom is -1.00 e. The number of ether oxygens (including phenoxy) is 4. The number of fused-ring (bicyclic) bond motifs is 2.